The molecule has 0 aromatic heterocycles. The molecule has 0 heterocycles. The number of unbranched alkanes of at least 4 members (excludes halogenated alkanes) is 1. The predicted octanol–water partition coefficient (Wildman–Crippen LogP) is 2.35. The van der Waals surface area contributed by atoms with Gasteiger partial charge in [-0.15, -0.1) is 0 Å². The highest BCUT2D eigenvalue weighted by atomic mass is 16.6. The van der Waals surface area contributed by atoms with Crippen LogP contribution in [0.1, 0.15) is 60.8 Å². The van der Waals surface area contributed by atoms with E-state index in [1.54, 1.807) is 14.1 Å². The van der Waals surface area contributed by atoms with Gasteiger partial charge in [0.25, 0.3) is 0 Å². The number of hydrogen-bond donors (Lipinski definition) is 3. The molecule has 0 aliphatic carbocycles. The molecule has 0 radical (unpaired) electrons. The number of nitrogens with zero attached hydrogens (tertiary/aromatic N) is 2. The Bertz CT molecular complexity index is 499. The molecular formula is C20H41N5O3. The van der Waals surface area contributed by atoms with Gasteiger partial charge in [-0.1, -0.05) is 33.6 Å². The number of aliphatic imine (C=N–C) groups is 1. The lowest BCUT2D eigenvalue weighted by Crippen LogP contribution is -2.50. The number of ether oxygens (including phenoxy) is 1. The first-order chi connectivity index (χ1) is 12.9. The zero-order valence-corrected chi connectivity index (χ0v) is 19.0. The molecule has 1 unspecified atom stereocenters. The summed E-state index contributed by atoms with van der Waals surface area (Å²) in [5, 5.41) is 9.45. The monoisotopic (exact) mass is 399 g/mol. The average Bonchev–Trinajstić information content (AvgIpc) is 2.57. The second-order valence-electron chi connectivity index (χ2n) is 8.59. The van der Waals surface area contributed by atoms with Crippen LogP contribution in [0.4, 0.5) is 4.79 Å². The first kappa shape index (κ1) is 26.0. The fraction of sp³-hybridized carbons (Fsp3) is 0.850. The molecule has 0 rings (SSSR count). The van der Waals surface area contributed by atoms with Crippen LogP contribution >= 0.6 is 0 Å². The highest BCUT2D eigenvalue weighted by molar-refractivity contribution is 5.85. The van der Waals surface area contributed by atoms with E-state index in [4.69, 9.17) is 4.74 Å². The SMILES string of the molecule is CCCCC(CNC(=O)OC(C)(C)C)NC(=NCC(=O)N(C)C)NCC(C)C. The first-order valence-electron chi connectivity index (χ1n) is 10.2. The predicted molar refractivity (Wildman–Crippen MR) is 115 cm³/mol. The van der Waals surface area contributed by atoms with Crippen molar-refractivity contribution >= 4 is 18.0 Å². The Morgan fingerprint density at radius 3 is 2.25 bits per heavy atom. The van der Waals surface area contributed by atoms with Crippen molar-refractivity contribution < 1.29 is 14.3 Å². The topological polar surface area (TPSA) is 95.1 Å². The van der Waals surface area contributed by atoms with Crippen molar-refractivity contribution in [3.63, 3.8) is 0 Å². The van der Waals surface area contributed by atoms with E-state index in [2.05, 4.69) is 41.7 Å². The van der Waals surface area contributed by atoms with Crippen LogP contribution in [0.2, 0.25) is 0 Å². The molecule has 28 heavy (non-hydrogen) atoms. The minimum atomic E-state index is -0.533. The van der Waals surface area contributed by atoms with Crippen LogP contribution in [-0.4, -0.2) is 68.2 Å². The molecule has 2 amide bonds. The van der Waals surface area contributed by atoms with Crippen LogP contribution in [0.15, 0.2) is 4.99 Å². The fourth-order valence-corrected chi connectivity index (χ4v) is 2.13. The van der Waals surface area contributed by atoms with Crippen LogP contribution in [0.3, 0.4) is 0 Å². The minimum absolute atomic E-state index is 0.0136. The molecule has 0 aromatic carbocycles. The van der Waals surface area contributed by atoms with Crippen molar-refractivity contribution in [2.45, 2.75) is 72.4 Å². The van der Waals surface area contributed by atoms with Crippen molar-refractivity contribution in [3.8, 4) is 0 Å². The van der Waals surface area contributed by atoms with Gasteiger partial charge in [0, 0.05) is 33.2 Å². The third kappa shape index (κ3) is 14.1. The van der Waals surface area contributed by atoms with Crippen molar-refractivity contribution in [2.75, 3.05) is 33.7 Å². The van der Waals surface area contributed by atoms with E-state index in [1.165, 1.54) is 4.90 Å². The van der Waals surface area contributed by atoms with E-state index >= 15 is 0 Å². The lowest BCUT2D eigenvalue weighted by molar-refractivity contribution is -0.127. The molecule has 0 fully saturated rings. The summed E-state index contributed by atoms with van der Waals surface area (Å²) in [6.45, 7) is 13.1. The molecule has 0 saturated heterocycles. The van der Waals surface area contributed by atoms with E-state index in [0.717, 1.165) is 25.8 Å². The molecular weight excluding hydrogens is 358 g/mol. The van der Waals surface area contributed by atoms with Crippen molar-refractivity contribution in [1.82, 2.24) is 20.9 Å². The molecule has 0 saturated carbocycles. The number of rotatable bonds is 10. The van der Waals surface area contributed by atoms with Crippen LogP contribution < -0.4 is 16.0 Å². The molecule has 0 aliphatic heterocycles. The molecule has 164 valence electrons. The van der Waals surface area contributed by atoms with Gasteiger partial charge in [-0.25, -0.2) is 9.79 Å². The Morgan fingerprint density at radius 2 is 1.75 bits per heavy atom. The van der Waals surface area contributed by atoms with Gasteiger partial charge in [0.15, 0.2) is 5.96 Å². The smallest absolute Gasteiger partial charge is 0.407 e. The molecule has 8 nitrogen and oxygen atoms in total. The average molecular weight is 400 g/mol. The summed E-state index contributed by atoms with van der Waals surface area (Å²) in [7, 11) is 3.42. The largest absolute Gasteiger partial charge is 0.444 e. The quantitative estimate of drug-likeness (QED) is 0.387. The summed E-state index contributed by atoms with van der Waals surface area (Å²) in [6.07, 6.45) is 2.50. The Morgan fingerprint density at radius 1 is 1.11 bits per heavy atom. The summed E-state index contributed by atoms with van der Waals surface area (Å²) in [4.78, 5) is 29.8. The zero-order chi connectivity index (χ0) is 21.7. The third-order valence-corrected chi connectivity index (χ3v) is 3.69. The zero-order valence-electron chi connectivity index (χ0n) is 19.0. The van der Waals surface area contributed by atoms with Crippen molar-refractivity contribution in [1.29, 1.82) is 0 Å². The normalized spacial score (nSPS) is 13.1. The number of amides is 2. The molecule has 0 bridgehead atoms. The van der Waals surface area contributed by atoms with Gasteiger partial charge >= 0.3 is 6.09 Å². The van der Waals surface area contributed by atoms with Crippen LogP contribution in [0.5, 0.6) is 0 Å². The number of guanidine groups is 1. The highest BCUT2D eigenvalue weighted by Gasteiger charge is 2.18. The van der Waals surface area contributed by atoms with Gasteiger partial charge in [-0.05, 0) is 33.1 Å². The Kier molecular flexibility index (Phi) is 12.3. The lowest BCUT2D eigenvalue weighted by Gasteiger charge is -2.24. The van der Waals surface area contributed by atoms with E-state index in [-0.39, 0.29) is 18.5 Å². The molecule has 0 aromatic rings. The van der Waals surface area contributed by atoms with Gasteiger partial charge < -0.3 is 25.6 Å². The van der Waals surface area contributed by atoms with Crippen molar-refractivity contribution in [2.24, 2.45) is 10.9 Å². The van der Waals surface area contributed by atoms with Crippen LogP contribution in [0, 0.1) is 5.92 Å². The van der Waals surface area contributed by atoms with Crippen LogP contribution in [0.25, 0.3) is 0 Å². The standard InChI is InChI=1S/C20H41N5O3/c1-9-10-11-16(13-23-19(27)28-20(4,5)6)24-18(21-12-15(2)3)22-14-17(26)25(7)8/h15-16H,9-14H2,1-8H3,(H,23,27)(H2,21,22,24). The van der Waals surface area contributed by atoms with Crippen molar-refractivity contribution in [3.05, 3.63) is 0 Å². The van der Waals surface area contributed by atoms with Gasteiger partial charge in [-0.2, -0.15) is 0 Å². The summed E-state index contributed by atoms with van der Waals surface area (Å²) < 4.78 is 5.31. The summed E-state index contributed by atoms with van der Waals surface area (Å²) >= 11 is 0. The number of alkyl carbamates (subject to hydrolysis) is 1. The van der Waals surface area contributed by atoms with E-state index in [1.807, 2.05) is 20.8 Å². The molecule has 8 heteroatoms. The third-order valence-electron chi connectivity index (χ3n) is 3.69. The minimum Gasteiger partial charge on any atom is -0.444 e. The summed E-state index contributed by atoms with van der Waals surface area (Å²) in [6, 6.07) is -0.0136. The number of hydrogen-bond acceptors (Lipinski definition) is 4. The number of carbonyl (C=O) groups is 2. The summed E-state index contributed by atoms with van der Waals surface area (Å²) in [5.41, 5.74) is -0.533. The molecule has 3 N–H and O–H groups in total. The second kappa shape index (κ2) is 13.2. The molecule has 0 spiro atoms. The van der Waals surface area contributed by atoms with E-state index in [9.17, 15) is 9.59 Å². The maximum Gasteiger partial charge on any atom is 0.407 e. The van der Waals surface area contributed by atoms with Crippen LogP contribution in [-0.2, 0) is 9.53 Å². The first-order valence-corrected chi connectivity index (χ1v) is 10.2. The number of likely N-dealkylation sites (N-methyl/N-ethyl adjacent to an activating group) is 1. The Labute approximate surface area is 170 Å². The van der Waals surface area contributed by atoms with Gasteiger partial charge in [0.05, 0.1) is 0 Å². The number of nitrogens with one attached hydrogen (secondary N) is 3. The van der Waals surface area contributed by atoms with Gasteiger partial charge in [0.2, 0.25) is 5.91 Å². The molecule has 0 aliphatic rings. The van der Waals surface area contributed by atoms with Gasteiger partial charge in [-0.3, -0.25) is 4.79 Å². The summed E-state index contributed by atoms with van der Waals surface area (Å²) in [5.74, 6) is 0.948. The lowest BCUT2D eigenvalue weighted by atomic mass is 10.1. The Balaban J connectivity index is 5.00. The van der Waals surface area contributed by atoms with Gasteiger partial charge in [0.1, 0.15) is 12.1 Å². The Hall–Kier alpha value is -1.99. The van der Waals surface area contributed by atoms with E-state index in [0.29, 0.717) is 18.4 Å². The molecule has 1 atom stereocenters. The highest BCUT2D eigenvalue weighted by Crippen LogP contribution is 2.07. The fourth-order valence-electron chi connectivity index (χ4n) is 2.13. The number of carbonyl (C=O) groups excluding carboxylic acids is 2. The maximum atomic E-state index is 12.0. The maximum absolute atomic E-state index is 12.0. The second-order valence-corrected chi connectivity index (χ2v) is 8.59. The van der Waals surface area contributed by atoms with E-state index < -0.39 is 11.7 Å².